The normalized spacial score (nSPS) is 24.8. The Morgan fingerprint density at radius 1 is 0.880 bits per heavy atom. The SMILES string of the molecule is CN(C(=O)OC(C)(C)C)C1CCCC1C1N=C2c3ccc(-c4ccc(-c5cnc(C6CCCN6C(=O)OC(C)(C)C)[nH]5)cc4)cc3CCC2N1. The number of hydrogen-bond acceptors (Lipinski definition) is 7. The first-order valence-electron chi connectivity index (χ1n) is 18.3. The number of benzene rings is 2. The van der Waals surface area contributed by atoms with Gasteiger partial charge in [0.2, 0.25) is 0 Å². The van der Waals surface area contributed by atoms with E-state index in [0.717, 1.165) is 73.3 Å². The van der Waals surface area contributed by atoms with Gasteiger partial charge in [-0.25, -0.2) is 14.6 Å². The predicted molar refractivity (Wildman–Crippen MR) is 195 cm³/mol. The number of fused-ring (bicyclic) bond motifs is 3. The Bertz CT molecular complexity index is 1770. The van der Waals surface area contributed by atoms with Crippen molar-refractivity contribution < 1.29 is 19.1 Å². The van der Waals surface area contributed by atoms with E-state index >= 15 is 0 Å². The summed E-state index contributed by atoms with van der Waals surface area (Å²) in [7, 11) is 1.87. The third-order valence-corrected chi connectivity index (χ3v) is 10.5. The van der Waals surface area contributed by atoms with Crippen LogP contribution < -0.4 is 5.32 Å². The minimum absolute atomic E-state index is 0.00241. The number of amides is 2. The number of ether oxygens (including phenoxy) is 2. The molecule has 1 saturated heterocycles. The van der Waals surface area contributed by atoms with Gasteiger partial charge in [-0.1, -0.05) is 48.9 Å². The molecule has 2 N–H and O–H groups in total. The van der Waals surface area contributed by atoms with Gasteiger partial charge < -0.3 is 19.4 Å². The van der Waals surface area contributed by atoms with E-state index in [2.05, 4.69) is 57.7 Å². The lowest BCUT2D eigenvalue weighted by Gasteiger charge is -2.33. The van der Waals surface area contributed by atoms with Gasteiger partial charge in [0.15, 0.2) is 0 Å². The van der Waals surface area contributed by atoms with Crippen molar-refractivity contribution in [3.8, 4) is 22.4 Å². The van der Waals surface area contributed by atoms with E-state index in [1.807, 2.05) is 54.8 Å². The Kier molecular flexibility index (Phi) is 9.03. The van der Waals surface area contributed by atoms with Crippen LogP contribution in [0, 0.1) is 5.92 Å². The summed E-state index contributed by atoms with van der Waals surface area (Å²) in [5, 5.41) is 3.84. The molecule has 1 aromatic heterocycles. The van der Waals surface area contributed by atoms with Crippen molar-refractivity contribution in [3.05, 3.63) is 65.6 Å². The minimum atomic E-state index is -0.534. The number of aryl methyl sites for hydroxylation is 1. The molecule has 2 aromatic carbocycles. The van der Waals surface area contributed by atoms with Crippen LogP contribution in [0.15, 0.2) is 53.7 Å². The molecular weight excluding hydrogens is 628 g/mol. The number of hydrogen-bond donors (Lipinski definition) is 2. The number of aliphatic imine (C=N–C) groups is 1. The molecule has 10 heteroatoms. The molecule has 4 aliphatic rings. The van der Waals surface area contributed by atoms with Gasteiger partial charge in [0.25, 0.3) is 0 Å². The number of nitrogens with one attached hydrogen (secondary N) is 2. The molecule has 2 fully saturated rings. The molecule has 0 radical (unpaired) electrons. The van der Waals surface area contributed by atoms with Crippen molar-refractivity contribution in [3.63, 3.8) is 0 Å². The number of aromatic amines is 1. The monoisotopic (exact) mass is 680 g/mol. The summed E-state index contributed by atoms with van der Waals surface area (Å²) in [5.74, 6) is 1.06. The quantitative estimate of drug-likeness (QED) is 0.284. The van der Waals surface area contributed by atoms with Gasteiger partial charge in [-0.3, -0.25) is 15.2 Å². The maximum absolute atomic E-state index is 12.9. The molecule has 2 aliphatic heterocycles. The van der Waals surface area contributed by atoms with E-state index < -0.39 is 11.2 Å². The molecule has 0 bridgehead atoms. The molecule has 1 saturated carbocycles. The van der Waals surface area contributed by atoms with Crippen molar-refractivity contribution in [1.29, 1.82) is 0 Å². The molecule has 266 valence electrons. The highest BCUT2D eigenvalue weighted by molar-refractivity contribution is 6.08. The number of H-pyrrole nitrogens is 1. The van der Waals surface area contributed by atoms with Crippen LogP contribution in [0.25, 0.3) is 22.4 Å². The maximum atomic E-state index is 12.9. The zero-order valence-electron chi connectivity index (χ0n) is 30.6. The van der Waals surface area contributed by atoms with Crippen LogP contribution in [-0.2, 0) is 15.9 Å². The molecule has 5 atom stereocenters. The Balaban J connectivity index is 1.04. The second-order valence-corrected chi connectivity index (χ2v) is 16.4. The molecule has 50 heavy (non-hydrogen) atoms. The van der Waals surface area contributed by atoms with Crippen LogP contribution in [0.5, 0.6) is 0 Å². The van der Waals surface area contributed by atoms with E-state index in [9.17, 15) is 9.59 Å². The van der Waals surface area contributed by atoms with E-state index in [1.54, 1.807) is 9.80 Å². The summed E-state index contributed by atoms with van der Waals surface area (Å²) in [6, 6.07) is 15.6. The minimum Gasteiger partial charge on any atom is -0.444 e. The summed E-state index contributed by atoms with van der Waals surface area (Å²) >= 11 is 0. The van der Waals surface area contributed by atoms with Crippen molar-refractivity contribution in [2.75, 3.05) is 13.6 Å². The van der Waals surface area contributed by atoms with Gasteiger partial charge in [-0.15, -0.1) is 0 Å². The van der Waals surface area contributed by atoms with E-state index in [1.165, 1.54) is 16.7 Å². The Labute approximate surface area is 296 Å². The Hall–Kier alpha value is -4.18. The number of imidazole rings is 1. The van der Waals surface area contributed by atoms with Crippen molar-refractivity contribution >= 4 is 17.9 Å². The number of nitrogens with zero attached hydrogens (tertiary/aromatic N) is 4. The summed E-state index contributed by atoms with van der Waals surface area (Å²) in [5.41, 5.74) is 7.02. The predicted octanol–water partition coefficient (Wildman–Crippen LogP) is 7.88. The first-order chi connectivity index (χ1) is 23.7. The van der Waals surface area contributed by atoms with E-state index in [4.69, 9.17) is 14.5 Å². The summed E-state index contributed by atoms with van der Waals surface area (Å²) in [4.78, 5) is 42.8. The number of carbonyl (C=O) groups is 2. The lowest BCUT2D eigenvalue weighted by Crippen LogP contribution is -2.48. The smallest absolute Gasteiger partial charge is 0.410 e. The number of likely N-dealkylation sites (tertiary alicyclic amines) is 1. The van der Waals surface area contributed by atoms with Crippen LogP contribution >= 0.6 is 0 Å². The highest BCUT2D eigenvalue weighted by Crippen LogP contribution is 2.38. The lowest BCUT2D eigenvalue weighted by atomic mass is 9.85. The summed E-state index contributed by atoms with van der Waals surface area (Å²) in [6.45, 7) is 12.1. The van der Waals surface area contributed by atoms with Crippen LogP contribution in [-0.4, -0.2) is 80.7 Å². The summed E-state index contributed by atoms with van der Waals surface area (Å²) < 4.78 is 11.3. The molecule has 0 spiro atoms. The van der Waals surface area contributed by atoms with Gasteiger partial charge in [0.1, 0.15) is 23.2 Å². The fourth-order valence-corrected chi connectivity index (χ4v) is 8.16. The second kappa shape index (κ2) is 13.2. The van der Waals surface area contributed by atoms with Crippen molar-refractivity contribution in [2.45, 2.75) is 122 Å². The fraction of sp³-hybridized carbons (Fsp3) is 0.550. The second-order valence-electron chi connectivity index (χ2n) is 16.4. The average Bonchev–Trinajstić information content (AvgIpc) is 3.88. The summed E-state index contributed by atoms with van der Waals surface area (Å²) in [6.07, 6.45) is 8.22. The van der Waals surface area contributed by atoms with E-state index in [-0.39, 0.29) is 42.4 Å². The topological polar surface area (TPSA) is 112 Å². The molecule has 7 rings (SSSR count). The average molecular weight is 681 g/mol. The molecule has 10 nitrogen and oxygen atoms in total. The first kappa shape index (κ1) is 34.3. The highest BCUT2D eigenvalue weighted by atomic mass is 16.6. The lowest BCUT2D eigenvalue weighted by molar-refractivity contribution is 0.0170. The molecule has 5 unspecified atom stereocenters. The van der Waals surface area contributed by atoms with Crippen LogP contribution in [0.2, 0.25) is 0 Å². The van der Waals surface area contributed by atoms with Crippen molar-refractivity contribution in [2.24, 2.45) is 10.9 Å². The number of rotatable bonds is 5. The zero-order chi connectivity index (χ0) is 35.4. The standard InChI is InChI=1S/C40H52N6O4/c1-39(2,3)49-37(47)45(7)32-11-8-10-29(32)35-42-30-20-18-27-22-26(17-19-28(27)34(30)44-35)24-13-15-25(16-14-24)31-23-41-36(43-31)33-12-9-21-46(33)38(48)50-40(4,5)6/h13-17,19,22-23,29-30,32-33,35,42H,8-12,18,20-21H2,1-7H3,(H,41,43). The maximum Gasteiger partial charge on any atom is 0.410 e. The molecule has 2 amide bonds. The van der Waals surface area contributed by atoms with Crippen LogP contribution in [0.3, 0.4) is 0 Å². The largest absolute Gasteiger partial charge is 0.444 e. The van der Waals surface area contributed by atoms with E-state index in [0.29, 0.717) is 6.54 Å². The Morgan fingerprint density at radius 3 is 2.34 bits per heavy atom. The van der Waals surface area contributed by atoms with Gasteiger partial charge >= 0.3 is 12.2 Å². The van der Waals surface area contributed by atoms with Crippen molar-refractivity contribution in [1.82, 2.24) is 25.1 Å². The molecule has 3 aromatic rings. The molecule has 2 aliphatic carbocycles. The highest BCUT2D eigenvalue weighted by Gasteiger charge is 2.43. The molecule has 3 heterocycles. The zero-order valence-corrected chi connectivity index (χ0v) is 30.6. The number of aromatic nitrogens is 2. The van der Waals surface area contributed by atoms with Gasteiger partial charge in [0, 0.05) is 31.1 Å². The fourth-order valence-electron chi connectivity index (χ4n) is 8.16. The van der Waals surface area contributed by atoms with Gasteiger partial charge in [-0.2, -0.15) is 0 Å². The first-order valence-corrected chi connectivity index (χ1v) is 18.3. The third kappa shape index (κ3) is 7.04. The van der Waals surface area contributed by atoms with Crippen LogP contribution in [0.1, 0.15) is 103 Å². The van der Waals surface area contributed by atoms with Gasteiger partial charge in [-0.05, 0) is 102 Å². The third-order valence-electron chi connectivity index (χ3n) is 10.5. The molecular formula is C40H52N6O4. The van der Waals surface area contributed by atoms with Crippen LogP contribution in [0.4, 0.5) is 9.59 Å². The Morgan fingerprint density at radius 2 is 1.60 bits per heavy atom. The van der Waals surface area contributed by atoms with Gasteiger partial charge in [0.05, 0.1) is 29.7 Å². The number of carbonyl (C=O) groups excluding carboxylic acids is 2.